The first-order chi connectivity index (χ1) is 9.81. The second-order valence-electron chi connectivity index (χ2n) is 5.56. The molecule has 0 saturated heterocycles. The standard InChI is InChI=1S/C17H18N2O/c18-12-16-15-9-5-4-6-13(15)10-11-19(16)17(20)14-7-2-1-3-8-14/h4-6,9-11,14,16H,1-3,7-8H2/t16-/m0/s1. The maximum absolute atomic E-state index is 12.7. The summed E-state index contributed by atoms with van der Waals surface area (Å²) in [7, 11) is 0. The zero-order valence-electron chi connectivity index (χ0n) is 11.5. The van der Waals surface area contributed by atoms with E-state index in [-0.39, 0.29) is 11.8 Å². The van der Waals surface area contributed by atoms with Crippen LogP contribution in [-0.2, 0) is 4.79 Å². The van der Waals surface area contributed by atoms with Gasteiger partial charge in [-0.05, 0) is 30.0 Å². The van der Waals surface area contributed by atoms with Gasteiger partial charge in [-0.15, -0.1) is 0 Å². The third kappa shape index (κ3) is 2.22. The molecule has 1 aliphatic heterocycles. The van der Waals surface area contributed by atoms with Crippen molar-refractivity contribution in [1.29, 1.82) is 5.26 Å². The van der Waals surface area contributed by atoms with Gasteiger partial charge in [-0.1, -0.05) is 43.5 Å². The number of nitriles is 1. The molecule has 3 rings (SSSR count). The van der Waals surface area contributed by atoms with Crippen LogP contribution >= 0.6 is 0 Å². The van der Waals surface area contributed by atoms with Crippen LogP contribution in [0, 0.1) is 17.2 Å². The summed E-state index contributed by atoms with van der Waals surface area (Å²) in [5.74, 6) is 0.205. The predicted octanol–water partition coefficient (Wildman–Crippen LogP) is 3.64. The van der Waals surface area contributed by atoms with Gasteiger partial charge in [-0.3, -0.25) is 9.69 Å². The molecule has 102 valence electrons. The van der Waals surface area contributed by atoms with E-state index in [0.29, 0.717) is 0 Å². The zero-order valence-corrected chi connectivity index (χ0v) is 11.5. The smallest absolute Gasteiger partial charge is 0.231 e. The molecular formula is C17H18N2O. The highest BCUT2D eigenvalue weighted by molar-refractivity contribution is 5.83. The quantitative estimate of drug-likeness (QED) is 0.778. The largest absolute Gasteiger partial charge is 0.298 e. The first-order valence-electron chi connectivity index (χ1n) is 7.30. The van der Waals surface area contributed by atoms with Crippen LogP contribution in [0.1, 0.15) is 49.3 Å². The minimum absolute atomic E-state index is 0.0921. The number of carbonyl (C=O) groups is 1. The zero-order chi connectivity index (χ0) is 13.9. The molecule has 0 N–H and O–H groups in total. The predicted molar refractivity (Wildman–Crippen MR) is 77.3 cm³/mol. The molecule has 3 heteroatoms. The molecule has 1 amide bonds. The first-order valence-corrected chi connectivity index (χ1v) is 7.30. The third-order valence-electron chi connectivity index (χ3n) is 4.31. The number of rotatable bonds is 1. The van der Waals surface area contributed by atoms with Gasteiger partial charge in [0, 0.05) is 12.1 Å². The summed E-state index contributed by atoms with van der Waals surface area (Å²) in [6.07, 6.45) is 9.12. The lowest BCUT2D eigenvalue weighted by atomic mass is 9.87. The summed E-state index contributed by atoms with van der Waals surface area (Å²) >= 11 is 0. The average molecular weight is 266 g/mol. The first kappa shape index (κ1) is 12.9. The molecule has 20 heavy (non-hydrogen) atoms. The lowest BCUT2D eigenvalue weighted by Crippen LogP contribution is -2.37. The summed E-state index contributed by atoms with van der Waals surface area (Å²) in [4.78, 5) is 14.3. The van der Waals surface area contributed by atoms with Crippen molar-refractivity contribution in [1.82, 2.24) is 4.90 Å². The van der Waals surface area contributed by atoms with Gasteiger partial charge in [0.25, 0.3) is 0 Å². The fourth-order valence-corrected chi connectivity index (χ4v) is 3.20. The highest BCUT2D eigenvalue weighted by Crippen LogP contribution is 2.33. The minimum Gasteiger partial charge on any atom is -0.298 e. The van der Waals surface area contributed by atoms with Crippen LogP contribution in [0.15, 0.2) is 30.5 Å². The van der Waals surface area contributed by atoms with Crippen molar-refractivity contribution in [3.8, 4) is 6.07 Å². The molecule has 1 aliphatic carbocycles. The Morgan fingerprint density at radius 2 is 1.95 bits per heavy atom. The Morgan fingerprint density at radius 3 is 2.70 bits per heavy atom. The average Bonchev–Trinajstić information content (AvgIpc) is 2.54. The molecule has 0 spiro atoms. The number of nitrogens with zero attached hydrogens (tertiary/aromatic N) is 2. The lowest BCUT2D eigenvalue weighted by molar-refractivity contribution is -0.135. The van der Waals surface area contributed by atoms with E-state index in [4.69, 9.17) is 0 Å². The molecule has 1 aromatic carbocycles. The molecule has 1 heterocycles. The maximum Gasteiger partial charge on any atom is 0.231 e. The molecule has 1 atom stereocenters. The molecule has 1 saturated carbocycles. The number of hydrogen-bond donors (Lipinski definition) is 0. The maximum atomic E-state index is 12.7. The minimum atomic E-state index is -0.481. The molecule has 2 aliphatic rings. The topological polar surface area (TPSA) is 44.1 Å². The van der Waals surface area contributed by atoms with Crippen molar-refractivity contribution in [3.63, 3.8) is 0 Å². The van der Waals surface area contributed by atoms with E-state index in [1.54, 1.807) is 11.1 Å². The summed E-state index contributed by atoms with van der Waals surface area (Å²) in [6, 6.07) is 9.60. The van der Waals surface area contributed by atoms with Crippen molar-refractivity contribution >= 4 is 12.0 Å². The number of hydrogen-bond acceptors (Lipinski definition) is 2. The summed E-state index contributed by atoms with van der Waals surface area (Å²) < 4.78 is 0. The molecule has 0 radical (unpaired) electrons. The van der Waals surface area contributed by atoms with E-state index in [0.717, 1.165) is 36.8 Å². The summed E-state index contributed by atoms with van der Waals surface area (Å²) in [5, 5.41) is 9.48. The second-order valence-corrected chi connectivity index (χ2v) is 5.56. The van der Waals surface area contributed by atoms with E-state index < -0.39 is 6.04 Å². The Morgan fingerprint density at radius 1 is 1.20 bits per heavy atom. The van der Waals surface area contributed by atoms with Gasteiger partial charge in [0.05, 0.1) is 6.07 Å². The van der Waals surface area contributed by atoms with Crippen LogP contribution in [0.5, 0.6) is 0 Å². The summed E-state index contributed by atoms with van der Waals surface area (Å²) in [6.45, 7) is 0. The van der Waals surface area contributed by atoms with Crippen LogP contribution < -0.4 is 0 Å². The van der Waals surface area contributed by atoms with Gasteiger partial charge in [0.15, 0.2) is 0 Å². The SMILES string of the molecule is N#C[C@H]1c2ccccc2C=CN1C(=O)C1CCCCC1. The lowest BCUT2D eigenvalue weighted by Gasteiger charge is -2.32. The Hall–Kier alpha value is -2.08. The van der Waals surface area contributed by atoms with E-state index in [9.17, 15) is 10.1 Å². The van der Waals surface area contributed by atoms with Gasteiger partial charge in [-0.2, -0.15) is 5.26 Å². The van der Waals surface area contributed by atoms with Crippen molar-refractivity contribution < 1.29 is 4.79 Å². The fourth-order valence-electron chi connectivity index (χ4n) is 3.20. The molecule has 1 fully saturated rings. The van der Waals surface area contributed by atoms with Gasteiger partial charge in [0.1, 0.15) is 6.04 Å². The number of amides is 1. The highest BCUT2D eigenvalue weighted by atomic mass is 16.2. The highest BCUT2D eigenvalue weighted by Gasteiger charge is 2.32. The van der Waals surface area contributed by atoms with Crippen LogP contribution in [0.2, 0.25) is 0 Å². The molecule has 1 aromatic rings. The Bertz CT molecular complexity index is 579. The van der Waals surface area contributed by atoms with Crippen molar-refractivity contribution in [2.45, 2.75) is 38.1 Å². The van der Waals surface area contributed by atoms with Crippen molar-refractivity contribution in [2.24, 2.45) is 5.92 Å². The Labute approximate surface area is 119 Å². The monoisotopic (exact) mass is 266 g/mol. The Kier molecular flexibility index (Phi) is 3.56. The fraction of sp³-hybridized carbons (Fsp3) is 0.412. The van der Waals surface area contributed by atoms with Gasteiger partial charge in [-0.25, -0.2) is 0 Å². The molecule has 0 unspecified atom stereocenters. The third-order valence-corrected chi connectivity index (χ3v) is 4.31. The Balaban J connectivity index is 1.88. The van der Waals surface area contributed by atoms with Crippen molar-refractivity contribution in [2.75, 3.05) is 0 Å². The van der Waals surface area contributed by atoms with Gasteiger partial charge < -0.3 is 0 Å². The summed E-state index contributed by atoms with van der Waals surface area (Å²) in [5.41, 5.74) is 1.97. The van der Waals surface area contributed by atoms with E-state index in [2.05, 4.69) is 6.07 Å². The molecule has 0 aromatic heterocycles. The van der Waals surface area contributed by atoms with Crippen molar-refractivity contribution in [3.05, 3.63) is 41.6 Å². The van der Waals surface area contributed by atoms with E-state index in [1.165, 1.54) is 6.42 Å². The van der Waals surface area contributed by atoms with E-state index in [1.807, 2.05) is 30.3 Å². The number of benzene rings is 1. The van der Waals surface area contributed by atoms with Crippen LogP contribution in [0.25, 0.3) is 6.08 Å². The van der Waals surface area contributed by atoms with Crippen LogP contribution in [0.4, 0.5) is 0 Å². The molecule has 3 nitrogen and oxygen atoms in total. The van der Waals surface area contributed by atoms with E-state index >= 15 is 0 Å². The normalized spacial score (nSPS) is 22.1. The molecule has 0 bridgehead atoms. The number of fused-ring (bicyclic) bond motifs is 1. The van der Waals surface area contributed by atoms with Gasteiger partial charge in [0.2, 0.25) is 5.91 Å². The van der Waals surface area contributed by atoms with Crippen LogP contribution in [0.3, 0.4) is 0 Å². The molecular weight excluding hydrogens is 248 g/mol. The van der Waals surface area contributed by atoms with Crippen LogP contribution in [-0.4, -0.2) is 10.8 Å². The van der Waals surface area contributed by atoms with Gasteiger partial charge >= 0.3 is 0 Å². The number of carbonyl (C=O) groups excluding carboxylic acids is 1. The second kappa shape index (κ2) is 5.50.